The predicted molar refractivity (Wildman–Crippen MR) is 103 cm³/mol. The fourth-order valence-corrected chi connectivity index (χ4v) is 2.93. The molecular formula is C20H21N3O4. The average Bonchev–Trinajstić information content (AvgIpc) is 3.07. The lowest BCUT2D eigenvalue weighted by atomic mass is 10.2. The Bertz CT molecular complexity index is 866. The molecule has 1 aliphatic heterocycles. The third kappa shape index (κ3) is 4.63. The largest absolute Gasteiger partial charge is 0.482 e. The van der Waals surface area contributed by atoms with E-state index in [1.165, 1.54) is 6.92 Å². The minimum Gasteiger partial charge on any atom is -0.482 e. The lowest BCUT2D eigenvalue weighted by molar-refractivity contribution is -0.118. The Balaban J connectivity index is 1.66. The van der Waals surface area contributed by atoms with E-state index in [1.54, 1.807) is 41.3 Å². The summed E-state index contributed by atoms with van der Waals surface area (Å²) in [7, 11) is 0. The minimum absolute atomic E-state index is 0.0529. The van der Waals surface area contributed by atoms with Gasteiger partial charge >= 0.3 is 0 Å². The van der Waals surface area contributed by atoms with Gasteiger partial charge in [-0.1, -0.05) is 24.3 Å². The Labute approximate surface area is 157 Å². The first-order chi connectivity index (χ1) is 13.0. The van der Waals surface area contributed by atoms with Crippen LogP contribution in [0.15, 0.2) is 48.5 Å². The summed E-state index contributed by atoms with van der Waals surface area (Å²) in [5, 5.41) is 5.45. The Morgan fingerprint density at radius 1 is 1.04 bits per heavy atom. The van der Waals surface area contributed by atoms with Gasteiger partial charge in [0.05, 0.1) is 17.1 Å². The van der Waals surface area contributed by atoms with Gasteiger partial charge in [0, 0.05) is 19.9 Å². The van der Waals surface area contributed by atoms with Gasteiger partial charge in [-0.25, -0.2) is 0 Å². The van der Waals surface area contributed by atoms with E-state index in [9.17, 15) is 14.4 Å². The molecule has 0 unspecified atom stereocenters. The number of nitrogens with one attached hydrogen (secondary N) is 2. The molecule has 1 fully saturated rings. The number of carbonyl (C=O) groups excluding carboxylic acids is 3. The highest BCUT2D eigenvalue weighted by atomic mass is 16.5. The number of hydrogen-bond donors (Lipinski definition) is 2. The van der Waals surface area contributed by atoms with E-state index >= 15 is 0 Å². The van der Waals surface area contributed by atoms with E-state index in [0.717, 1.165) is 6.42 Å². The molecule has 1 saturated heterocycles. The van der Waals surface area contributed by atoms with Crippen molar-refractivity contribution in [2.24, 2.45) is 0 Å². The number of carbonyl (C=O) groups is 3. The van der Waals surface area contributed by atoms with Crippen LogP contribution in [0.3, 0.4) is 0 Å². The van der Waals surface area contributed by atoms with Crippen LogP contribution in [0.4, 0.5) is 17.1 Å². The van der Waals surface area contributed by atoms with Crippen LogP contribution >= 0.6 is 0 Å². The molecule has 140 valence electrons. The maximum Gasteiger partial charge on any atom is 0.262 e. The first-order valence-electron chi connectivity index (χ1n) is 8.73. The molecule has 0 saturated carbocycles. The fourth-order valence-electron chi connectivity index (χ4n) is 2.93. The summed E-state index contributed by atoms with van der Waals surface area (Å²) in [5.74, 6) is -0.116. The van der Waals surface area contributed by atoms with Crippen molar-refractivity contribution in [3.8, 4) is 5.75 Å². The summed E-state index contributed by atoms with van der Waals surface area (Å²) in [5.41, 5.74) is 1.75. The Hall–Kier alpha value is -3.35. The molecule has 27 heavy (non-hydrogen) atoms. The summed E-state index contributed by atoms with van der Waals surface area (Å²) in [6, 6.07) is 14.1. The molecule has 0 atom stereocenters. The maximum atomic E-state index is 12.3. The van der Waals surface area contributed by atoms with Crippen LogP contribution < -0.4 is 20.3 Å². The standard InChI is InChI=1S/C20H21N3O4/c1-14(24)21-16-8-3-5-10-18(16)27-13-19(25)22-15-7-2-4-9-17(15)23-12-6-11-20(23)26/h2-5,7-10H,6,11-13H2,1H3,(H,21,24)(H,22,25). The van der Waals surface area contributed by atoms with Crippen molar-refractivity contribution in [1.29, 1.82) is 0 Å². The van der Waals surface area contributed by atoms with Crippen molar-refractivity contribution < 1.29 is 19.1 Å². The summed E-state index contributed by atoms with van der Waals surface area (Å²) in [4.78, 5) is 37.3. The SMILES string of the molecule is CC(=O)Nc1ccccc1OCC(=O)Nc1ccccc1N1CCCC1=O. The lowest BCUT2D eigenvalue weighted by Crippen LogP contribution is -2.27. The van der Waals surface area contributed by atoms with Gasteiger partial charge in [-0.3, -0.25) is 14.4 Å². The molecule has 0 aliphatic carbocycles. The van der Waals surface area contributed by atoms with Gasteiger partial charge in [-0.05, 0) is 30.7 Å². The van der Waals surface area contributed by atoms with Crippen molar-refractivity contribution >= 4 is 34.8 Å². The van der Waals surface area contributed by atoms with E-state index in [4.69, 9.17) is 4.74 Å². The van der Waals surface area contributed by atoms with Crippen LogP contribution in [0.25, 0.3) is 0 Å². The monoisotopic (exact) mass is 367 g/mol. The van der Waals surface area contributed by atoms with Crippen molar-refractivity contribution in [2.75, 3.05) is 28.7 Å². The quantitative estimate of drug-likeness (QED) is 0.822. The number of benzene rings is 2. The van der Waals surface area contributed by atoms with Gasteiger partial charge in [-0.2, -0.15) is 0 Å². The van der Waals surface area contributed by atoms with Crippen molar-refractivity contribution in [3.63, 3.8) is 0 Å². The van der Waals surface area contributed by atoms with Crippen LogP contribution in [0.1, 0.15) is 19.8 Å². The minimum atomic E-state index is -0.355. The number of para-hydroxylation sites is 4. The van der Waals surface area contributed by atoms with E-state index < -0.39 is 0 Å². The topological polar surface area (TPSA) is 87.7 Å². The van der Waals surface area contributed by atoms with Gasteiger partial charge in [0.15, 0.2) is 6.61 Å². The second-order valence-corrected chi connectivity index (χ2v) is 6.18. The van der Waals surface area contributed by atoms with Crippen LogP contribution in [0, 0.1) is 0 Å². The van der Waals surface area contributed by atoms with Gasteiger partial charge < -0.3 is 20.3 Å². The predicted octanol–water partition coefficient (Wildman–Crippen LogP) is 2.79. The highest BCUT2D eigenvalue weighted by Gasteiger charge is 2.24. The van der Waals surface area contributed by atoms with Crippen LogP contribution in [-0.4, -0.2) is 30.9 Å². The van der Waals surface area contributed by atoms with Crippen LogP contribution in [0.5, 0.6) is 5.75 Å². The third-order valence-electron chi connectivity index (χ3n) is 4.10. The fraction of sp³-hybridized carbons (Fsp3) is 0.250. The molecule has 1 heterocycles. The zero-order chi connectivity index (χ0) is 19.2. The zero-order valence-corrected chi connectivity index (χ0v) is 15.0. The molecule has 2 aromatic carbocycles. The molecule has 2 N–H and O–H groups in total. The Morgan fingerprint density at radius 3 is 2.44 bits per heavy atom. The second kappa shape index (κ2) is 8.35. The van der Waals surface area contributed by atoms with Gasteiger partial charge in [-0.15, -0.1) is 0 Å². The summed E-state index contributed by atoms with van der Waals surface area (Å²) in [6.07, 6.45) is 1.33. The zero-order valence-electron chi connectivity index (χ0n) is 15.0. The molecule has 0 spiro atoms. The highest BCUT2D eigenvalue weighted by molar-refractivity contribution is 6.02. The van der Waals surface area contributed by atoms with Gasteiger partial charge in [0.25, 0.3) is 5.91 Å². The first-order valence-corrected chi connectivity index (χ1v) is 8.73. The van der Waals surface area contributed by atoms with Crippen LogP contribution in [-0.2, 0) is 14.4 Å². The van der Waals surface area contributed by atoms with E-state index in [-0.39, 0.29) is 24.3 Å². The molecule has 0 bridgehead atoms. The Kier molecular flexibility index (Phi) is 5.71. The molecule has 3 amide bonds. The number of hydrogen-bond acceptors (Lipinski definition) is 4. The normalized spacial score (nSPS) is 13.4. The van der Waals surface area contributed by atoms with Crippen molar-refractivity contribution in [1.82, 2.24) is 0 Å². The van der Waals surface area contributed by atoms with Gasteiger partial charge in [0.2, 0.25) is 11.8 Å². The molecule has 7 nitrogen and oxygen atoms in total. The molecule has 1 aliphatic rings. The number of ether oxygens (including phenoxy) is 1. The summed E-state index contributed by atoms with van der Waals surface area (Å²) >= 11 is 0. The van der Waals surface area contributed by atoms with E-state index in [1.807, 2.05) is 12.1 Å². The smallest absolute Gasteiger partial charge is 0.262 e. The third-order valence-corrected chi connectivity index (χ3v) is 4.10. The molecule has 0 radical (unpaired) electrons. The number of amides is 3. The van der Waals surface area contributed by atoms with Crippen molar-refractivity contribution in [3.05, 3.63) is 48.5 Å². The number of nitrogens with zero attached hydrogens (tertiary/aromatic N) is 1. The lowest BCUT2D eigenvalue weighted by Gasteiger charge is -2.20. The number of rotatable bonds is 6. The average molecular weight is 367 g/mol. The molecule has 0 aromatic heterocycles. The van der Waals surface area contributed by atoms with E-state index in [2.05, 4.69) is 10.6 Å². The molecule has 7 heteroatoms. The summed E-state index contributed by atoms with van der Waals surface area (Å²) < 4.78 is 5.55. The van der Waals surface area contributed by atoms with Crippen molar-refractivity contribution in [2.45, 2.75) is 19.8 Å². The van der Waals surface area contributed by atoms with Crippen LogP contribution in [0.2, 0.25) is 0 Å². The van der Waals surface area contributed by atoms with E-state index in [0.29, 0.717) is 35.8 Å². The van der Waals surface area contributed by atoms with Gasteiger partial charge in [0.1, 0.15) is 5.75 Å². The first kappa shape index (κ1) is 18.4. The number of anilines is 3. The molecule has 2 aromatic rings. The summed E-state index contributed by atoms with van der Waals surface area (Å²) in [6.45, 7) is 1.82. The molecule has 3 rings (SSSR count). The Morgan fingerprint density at radius 2 is 1.74 bits per heavy atom. The highest BCUT2D eigenvalue weighted by Crippen LogP contribution is 2.29. The molecular weight excluding hydrogens is 346 g/mol. The second-order valence-electron chi connectivity index (χ2n) is 6.18. The maximum absolute atomic E-state index is 12.3.